The van der Waals surface area contributed by atoms with E-state index in [0.29, 0.717) is 0 Å². The van der Waals surface area contributed by atoms with Crippen molar-refractivity contribution in [3.05, 3.63) is 0 Å². The minimum absolute atomic E-state index is 0.134. The molecule has 25 heavy (non-hydrogen) atoms. The van der Waals surface area contributed by atoms with Crippen molar-refractivity contribution in [1.29, 1.82) is 0 Å². The monoisotopic (exact) mass is 351 g/mol. The van der Waals surface area contributed by atoms with Crippen LogP contribution in [0.2, 0.25) is 0 Å². The lowest BCUT2D eigenvalue weighted by Gasteiger charge is -2.40. The van der Waals surface area contributed by atoms with Crippen LogP contribution in [0, 0.1) is 5.92 Å². The summed E-state index contributed by atoms with van der Waals surface area (Å²) < 4.78 is 5.76. The minimum Gasteiger partial charge on any atom is -0.376 e. The number of guanidine groups is 1. The maximum Gasteiger partial charge on any atom is 0.322 e. The number of nitrogens with zero attached hydrogens (tertiary/aromatic N) is 2. The van der Waals surface area contributed by atoms with Gasteiger partial charge in [0.25, 0.3) is 5.91 Å². The molecule has 3 amide bonds. The highest BCUT2D eigenvalue weighted by molar-refractivity contribution is 6.07. The number of urea groups is 1. The van der Waals surface area contributed by atoms with E-state index < -0.39 is 5.54 Å². The van der Waals surface area contributed by atoms with Gasteiger partial charge in [0, 0.05) is 33.3 Å². The van der Waals surface area contributed by atoms with Gasteiger partial charge in [0.15, 0.2) is 5.96 Å². The normalized spacial score (nSPS) is 31.7. The highest BCUT2D eigenvalue weighted by Gasteiger charge is 2.48. The van der Waals surface area contributed by atoms with Crippen LogP contribution in [0.25, 0.3) is 0 Å². The third kappa shape index (κ3) is 3.89. The average molecular weight is 351 g/mol. The fraction of sp³-hybridized carbons (Fsp3) is 0.824. The molecular formula is C17H29N5O3. The highest BCUT2D eigenvalue weighted by atomic mass is 16.5. The SMILES string of the molecule is CN=C(NCC1CCCCO1)N1CCC(C2(C)NC(=O)NC2=O)CC1. The van der Waals surface area contributed by atoms with Crippen molar-refractivity contribution >= 4 is 17.9 Å². The fourth-order valence-electron chi connectivity index (χ4n) is 4.02. The number of hydrogen-bond donors (Lipinski definition) is 3. The molecule has 0 aliphatic carbocycles. The van der Waals surface area contributed by atoms with E-state index >= 15 is 0 Å². The van der Waals surface area contributed by atoms with E-state index in [2.05, 4.69) is 25.8 Å². The Morgan fingerprint density at radius 1 is 1.32 bits per heavy atom. The van der Waals surface area contributed by atoms with Crippen LogP contribution in [0.3, 0.4) is 0 Å². The molecule has 3 N–H and O–H groups in total. The van der Waals surface area contributed by atoms with Gasteiger partial charge in [0.05, 0.1) is 6.10 Å². The van der Waals surface area contributed by atoms with Gasteiger partial charge in [-0.25, -0.2) is 4.79 Å². The topological polar surface area (TPSA) is 95.1 Å². The van der Waals surface area contributed by atoms with E-state index in [1.165, 1.54) is 6.42 Å². The van der Waals surface area contributed by atoms with E-state index in [1.807, 2.05) is 6.92 Å². The Morgan fingerprint density at radius 3 is 2.64 bits per heavy atom. The summed E-state index contributed by atoms with van der Waals surface area (Å²) in [5.41, 5.74) is -0.796. The van der Waals surface area contributed by atoms with Gasteiger partial charge in [-0.15, -0.1) is 0 Å². The summed E-state index contributed by atoms with van der Waals surface area (Å²) in [4.78, 5) is 30.2. The second-order valence-corrected chi connectivity index (χ2v) is 7.29. The van der Waals surface area contributed by atoms with Crippen molar-refractivity contribution in [2.24, 2.45) is 10.9 Å². The minimum atomic E-state index is -0.796. The second kappa shape index (κ2) is 7.59. The van der Waals surface area contributed by atoms with Crippen LogP contribution in [0.4, 0.5) is 4.79 Å². The average Bonchev–Trinajstić information content (AvgIpc) is 2.90. The van der Waals surface area contributed by atoms with Crippen LogP contribution >= 0.6 is 0 Å². The number of imide groups is 1. The Morgan fingerprint density at radius 2 is 2.08 bits per heavy atom. The molecule has 0 aromatic heterocycles. The van der Waals surface area contributed by atoms with Crippen molar-refractivity contribution < 1.29 is 14.3 Å². The second-order valence-electron chi connectivity index (χ2n) is 7.29. The summed E-state index contributed by atoms with van der Waals surface area (Å²) in [6.45, 7) is 5.08. The predicted octanol–water partition coefficient (Wildman–Crippen LogP) is 0.441. The highest BCUT2D eigenvalue weighted by Crippen LogP contribution is 2.30. The molecule has 3 fully saturated rings. The Labute approximate surface area is 148 Å². The number of piperidine rings is 1. The molecule has 2 unspecified atom stereocenters. The molecule has 0 aromatic carbocycles. The molecular weight excluding hydrogens is 322 g/mol. The summed E-state index contributed by atoms with van der Waals surface area (Å²) in [5, 5.41) is 8.57. The van der Waals surface area contributed by atoms with Crippen LogP contribution in [0.15, 0.2) is 4.99 Å². The Bertz CT molecular complexity index is 538. The fourth-order valence-corrected chi connectivity index (χ4v) is 4.02. The summed E-state index contributed by atoms with van der Waals surface area (Å²) in [6.07, 6.45) is 5.42. The van der Waals surface area contributed by atoms with Crippen LogP contribution < -0.4 is 16.0 Å². The van der Waals surface area contributed by atoms with Crippen LogP contribution in [-0.2, 0) is 9.53 Å². The van der Waals surface area contributed by atoms with Crippen LogP contribution in [0.5, 0.6) is 0 Å². The number of likely N-dealkylation sites (tertiary alicyclic amines) is 1. The third-order valence-electron chi connectivity index (χ3n) is 5.66. The predicted molar refractivity (Wildman–Crippen MR) is 94.3 cm³/mol. The van der Waals surface area contributed by atoms with Crippen LogP contribution in [0.1, 0.15) is 39.0 Å². The van der Waals surface area contributed by atoms with E-state index in [9.17, 15) is 9.59 Å². The van der Waals surface area contributed by atoms with Crippen molar-refractivity contribution in [3.63, 3.8) is 0 Å². The Balaban J connectivity index is 1.50. The Hall–Kier alpha value is -1.83. The number of ether oxygens (including phenoxy) is 1. The smallest absolute Gasteiger partial charge is 0.322 e. The quantitative estimate of drug-likeness (QED) is 0.390. The third-order valence-corrected chi connectivity index (χ3v) is 5.66. The largest absolute Gasteiger partial charge is 0.376 e. The number of aliphatic imine (C=N–C) groups is 1. The standard InChI is InChI=1S/C17H29N5O3/c1-17(14(23)20-16(24)21-17)12-6-8-22(9-7-12)15(18-2)19-11-13-5-3-4-10-25-13/h12-13H,3-11H2,1-2H3,(H,18,19)(H2,20,21,23,24). The summed E-state index contributed by atoms with van der Waals surface area (Å²) in [7, 11) is 1.79. The molecule has 0 bridgehead atoms. The van der Waals surface area contributed by atoms with Crippen molar-refractivity contribution in [2.45, 2.75) is 50.7 Å². The molecule has 140 valence electrons. The number of nitrogens with one attached hydrogen (secondary N) is 3. The molecule has 3 aliphatic rings. The molecule has 0 spiro atoms. The molecule has 0 aromatic rings. The van der Waals surface area contributed by atoms with E-state index in [1.54, 1.807) is 7.05 Å². The van der Waals surface area contributed by atoms with Crippen molar-refractivity contribution in [1.82, 2.24) is 20.9 Å². The molecule has 3 aliphatic heterocycles. The first-order chi connectivity index (χ1) is 12.0. The van der Waals surface area contributed by atoms with E-state index in [-0.39, 0.29) is 24.0 Å². The zero-order chi connectivity index (χ0) is 17.9. The molecule has 0 radical (unpaired) electrons. The maximum atomic E-state index is 12.1. The van der Waals surface area contributed by atoms with E-state index in [0.717, 1.165) is 57.9 Å². The summed E-state index contributed by atoms with van der Waals surface area (Å²) >= 11 is 0. The lowest BCUT2D eigenvalue weighted by Crippen LogP contribution is -2.55. The van der Waals surface area contributed by atoms with Crippen molar-refractivity contribution in [3.8, 4) is 0 Å². The first-order valence-electron chi connectivity index (χ1n) is 9.23. The van der Waals surface area contributed by atoms with Gasteiger partial charge in [-0.3, -0.25) is 15.1 Å². The van der Waals surface area contributed by atoms with Gasteiger partial charge >= 0.3 is 6.03 Å². The van der Waals surface area contributed by atoms with Crippen LogP contribution in [-0.4, -0.2) is 67.7 Å². The first-order valence-corrected chi connectivity index (χ1v) is 9.23. The van der Waals surface area contributed by atoms with Gasteiger partial charge in [-0.1, -0.05) is 0 Å². The summed E-state index contributed by atoms with van der Waals surface area (Å²) in [5.74, 6) is 0.806. The van der Waals surface area contributed by atoms with Gasteiger partial charge < -0.3 is 20.3 Å². The van der Waals surface area contributed by atoms with Gasteiger partial charge in [0.2, 0.25) is 0 Å². The zero-order valence-corrected chi connectivity index (χ0v) is 15.1. The van der Waals surface area contributed by atoms with Gasteiger partial charge in [-0.2, -0.15) is 0 Å². The Kier molecular flexibility index (Phi) is 5.46. The number of carbonyl (C=O) groups is 2. The summed E-state index contributed by atoms with van der Waals surface area (Å²) in [6, 6.07) is -0.389. The lowest BCUT2D eigenvalue weighted by molar-refractivity contribution is -0.125. The van der Waals surface area contributed by atoms with Gasteiger partial charge in [-0.05, 0) is 44.9 Å². The molecule has 2 atom stereocenters. The van der Waals surface area contributed by atoms with E-state index in [4.69, 9.17) is 4.74 Å². The number of rotatable bonds is 3. The number of amides is 3. The van der Waals surface area contributed by atoms with Crippen molar-refractivity contribution in [2.75, 3.05) is 33.3 Å². The zero-order valence-electron chi connectivity index (χ0n) is 15.1. The molecule has 0 saturated carbocycles. The number of hydrogen-bond acceptors (Lipinski definition) is 4. The lowest BCUT2D eigenvalue weighted by atomic mass is 9.79. The molecule has 8 heteroatoms. The molecule has 3 saturated heterocycles. The molecule has 3 heterocycles. The maximum absolute atomic E-state index is 12.1. The molecule has 3 rings (SSSR count). The molecule has 8 nitrogen and oxygen atoms in total. The number of carbonyl (C=O) groups excluding carboxylic acids is 2. The first kappa shape index (κ1) is 18.0. The van der Waals surface area contributed by atoms with Gasteiger partial charge in [0.1, 0.15) is 5.54 Å².